The van der Waals surface area contributed by atoms with Gasteiger partial charge in [0, 0.05) is 17.0 Å². The van der Waals surface area contributed by atoms with E-state index in [2.05, 4.69) is 30.3 Å². The zero-order valence-corrected chi connectivity index (χ0v) is 18.3. The second-order valence-electron chi connectivity index (χ2n) is 7.20. The molecular weight excluding hydrogens is 408 g/mol. The molecule has 3 atom stereocenters. The first-order valence-corrected chi connectivity index (χ1v) is 11.8. The number of nitriles is 1. The Morgan fingerprint density at radius 1 is 0.967 bits per heavy atom. The fraction of sp³-hybridized carbons (Fsp3) is 0.160. The number of hydrogen-bond donors (Lipinski definition) is 0. The summed E-state index contributed by atoms with van der Waals surface area (Å²) in [4.78, 5) is 1.86. The quantitative estimate of drug-likeness (QED) is 0.496. The molecule has 0 aliphatic carbocycles. The predicted molar refractivity (Wildman–Crippen MR) is 123 cm³/mol. The van der Waals surface area contributed by atoms with Gasteiger partial charge in [0.05, 0.1) is 21.9 Å². The van der Waals surface area contributed by atoms with Gasteiger partial charge in [-0.3, -0.25) is 4.31 Å². The molecule has 1 aliphatic heterocycles. The molecule has 0 N–H and O–H groups in total. The van der Waals surface area contributed by atoms with Crippen LogP contribution in [0.2, 0.25) is 0 Å². The molecule has 30 heavy (non-hydrogen) atoms. The molecule has 1 heterocycles. The summed E-state index contributed by atoms with van der Waals surface area (Å²) in [6.07, 6.45) is 2.51. The molecule has 3 aromatic carbocycles. The number of nitrogens with zero attached hydrogens (tertiary/aromatic N) is 2. The highest BCUT2D eigenvalue weighted by molar-refractivity contribution is 8.00. The van der Waals surface area contributed by atoms with E-state index in [1.54, 1.807) is 18.0 Å². The lowest BCUT2D eigenvalue weighted by atomic mass is 9.87. The Hall–Kier alpha value is -2.81. The predicted octanol–water partition coefficient (Wildman–Crippen LogP) is 6.03. The molecule has 0 aromatic heterocycles. The van der Waals surface area contributed by atoms with Crippen LogP contribution in [-0.2, 0) is 11.0 Å². The average molecular weight is 431 g/mol. The van der Waals surface area contributed by atoms with Gasteiger partial charge in [0.15, 0.2) is 11.0 Å². The molecule has 0 fully saturated rings. The van der Waals surface area contributed by atoms with E-state index in [-0.39, 0.29) is 11.3 Å². The molecule has 1 unspecified atom stereocenters. The third-order valence-electron chi connectivity index (χ3n) is 5.12. The topological polar surface area (TPSA) is 44.1 Å². The summed E-state index contributed by atoms with van der Waals surface area (Å²) in [5, 5.41) is 9.80. The lowest BCUT2D eigenvalue weighted by molar-refractivity contribution is 0.457. The molecule has 0 saturated carbocycles. The Labute approximate surface area is 184 Å². The van der Waals surface area contributed by atoms with Crippen LogP contribution in [0.5, 0.6) is 0 Å². The van der Waals surface area contributed by atoms with Crippen molar-refractivity contribution in [2.75, 3.05) is 0 Å². The van der Waals surface area contributed by atoms with E-state index in [4.69, 9.17) is 0 Å². The van der Waals surface area contributed by atoms with E-state index >= 15 is 0 Å². The van der Waals surface area contributed by atoms with Crippen molar-refractivity contribution in [3.8, 4) is 6.07 Å². The third kappa shape index (κ3) is 4.51. The van der Waals surface area contributed by atoms with Crippen molar-refractivity contribution < 1.29 is 4.21 Å². The number of allylic oxidation sites excluding steroid dienone is 1. The Bertz CT molecular complexity index is 1090. The minimum absolute atomic E-state index is 0.0105. The van der Waals surface area contributed by atoms with Crippen molar-refractivity contribution in [3.05, 3.63) is 108 Å². The number of rotatable bonds is 5. The van der Waals surface area contributed by atoms with Gasteiger partial charge in [-0.15, -0.1) is 11.8 Å². The van der Waals surface area contributed by atoms with Crippen LogP contribution in [0.15, 0.2) is 106 Å². The smallest absolute Gasteiger partial charge is 0.153 e. The normalized spacial score (nSPS) is 19.6. The van der Waals surface area contributed by atoms with Gasteiger partial charge < -0.3 is 0 Å². The van der Waals surface area contributed by atoms with Crippen molar-refractivity contribution in [1.82, 2.24) is 4.31 Å². The van der Waals surface area contributed by atoms with Crippen LogP contribution in [0.4, 0.5) is 0 Å². The van der Waals surface area contributed by atoms with Crippen molar-refractivity contribution >= 4 is 22.7 Å². The molecule has 5 heteroatoms. The molecule has 0 saturated heterocycles. The van der Waals surface area contributed by atoms with Gasteiger partial charge in [0.25, 0.3) is 0 Å². The molecular formula is C25H22N2OS2. The van der Waals surface area contributed by atoms with Gasteiger partial charge >= 0.3 is 0 Å². The van der Waals surface area contributed by atoms with Gasteiger partial charge in [0.1, 0.15) is 0 Å². The van der Waals surface area contributed by atoms with E-state index in [0.29, 0.717) is 12.0 Å². The van der Waals surface area contributed by atoms with E-state index in [9.17, 15) is 9.47 Å². The van der Waals surface area contributed by atoms with Gasteiger partial charge in [-0.05, 0) is 43.2 Å². The maximum Gasteiger partial charge on any atom is 0.153 e. The molecule has 150 valence electrons. The summed E-state index contributed by atoms with van der Waals surface area (Å²) < 4.78 is 15.3. The Kier molecular flexibility index (Phi) is 6.37. The maximum absolute atomic E-state index is 13.5. The second kappa shape index (κ2) is 9.34. The van der Waals surface area contributed by atoms with E-state index < -0.39 is 11.0 Å². The van der Waals surface area contributed by atoms with Crippen LogP contribution in [-0.4, -0.2) is 13.9 Å². The van der Waals surface area contributed by atoms with Crippen molar-refractivity contribution in [1.29, 1.82) is 5.26 Å². The highest BCUT2D eigenvalue weighted by Crippen LogP contribution is 2.42. The number of thioether (sulfide) groups is 1. The molecule has 0 amide bonds. The Morgan fingerprint density at radius 3 is 2.23 bits per heavy atom. The lowest BCUT2D eigenvalue weighted by Gasteiger charge is -2.36. The molecule has 3 aromatic rings. The summed E-state index contributed by atoms with van der Waals surface area (Å²) >= 11 is 1.69. The van der Waals surface area contributed by atoms with Crippen LogP contribution in [0.25, 0.3) is 0 Å². The minimum atomic E-state index is -1.39. The fourth-order valence-electron chi connectivity index (χ4n) is 3.54. The van der Waals surface area contributed by atoms with Gasteiger partial charge in [-0.1, -0.05) is 66.2 Å². The van der Waals surface area contributed by atoms with Gasteiger partial charge in [0.2, 0.25) is 0 Å². The van der Waals surface area contributed by atoms with E-state index in [0.717, 1.165) is 20.9 Å². The highest BCUT2D eigenvalue weighted by atomic mass is 32.2. The standard InChI is InChI=1S/C25H22N2OS2/c1-19-12-14-23(15-13-19)30(28)27-18-21(17-26)24(20-8-4-2-5-9-20)16-25(27)29-22-10-6-3-7-11-22/h2-15,18,24-25H,16H2,1H3/t24-,25-,30?/m1/s1. The molecule has 0 spiro atoms. The van der Waals surface area contributed by atoms with Crippen molar-refractivity contribution in [3.63, 3.8) is 0 Å². The Balaban J connectivity index is 1.73. The molecule has 0 bridgehead atoms. The number of hydrogen-bond acceptors (Lipinski definition) is 3. The number of aryl methyl sites for hydroxylation is 1. The van der Waals surface area contributed by atoms with Crippen LogP contribution < -0.4 is 0 Å². The monoisotopic (exact) mass is 430 g/mol. The zero-order chi connectivity index (χ0) is 20.9. The highest BCUT2D eigenvalue weighted by Gasteiger charge is 2.34. The van der Waals surface area contributed by atoms with Crippen molar-refractivity contribution in [2.24, 2.45) is 0 Å². The van der Waals surface area contributed by atoms with Crippen LogP contribution in [0, 0.1) is 18.3 Å². The lowest BCUT2D eigenvalue weighted by Crippen LogP contribution is -2.35. The largest absolute Gasteiger partial charge is 0.280 e. The van der Waals surface area contributed by atoms with Crippen LogP contribution in [0.3, 0.4) is 0 Å². The van der Waals surface area contributed by atoms with Crippen molar-refractivity contribution in [2.45, 2.75) is 34.4 Å². The van der Waals surface area contributed by atoms with Crippen LogP contribution in [0.1, 0.15) is 23.5 Å². The summed E-state index contributed by atoms with van der Waals surface area (Å²) in [5.41, 5.74) is 2.89. The molecule has 1 aliphatic rings. The first-order valence-electron chi connectivity index (χ1n) is 9.81. The van der Waals surface area contributed by atoms with E-state index in [1.807, 2.05) is 71.9 Å². The fourth-order valence-corrected chi connectivity index (χ4v) is 6.10. The summed E-state index contributed by atoms with van der Waals surface area (Å²) in [5.74, 6) is -0.0105. The third-order valence-corrected chi connectivity index (χ3v) is 7.91. The number of benzene rings is 3. The molecule has 4 rings (SSSR count). The van der Waals surface area contributed by atoms with Gasteiger partial charge in [-0.25, -0.2) is 4.21 Å². The van der Waals surface area contributed by atoms with Crippen LogP contribution >= 0.6 is 11.8 Å². The summed E-state index contributed by atoms with van der Waals surface area (Å²) in [6.45, 7) is 2.01. The average Bonchev–Trinajstić information content (AvgIpc) is 2.80. The summed E-state index contributed by atoms with van der Waals surface area (Å²) in [6, 6.07) is 30.4. The summed E-state index contributed by atoms with van der Waals surface area (Å²) in [7, 11) is -1.39. The van der Waals surface area contributed by atoms with Gasteiger partial charge in [-0.2, -0.15) is 5.26 Å². The van der Waals surface area contributed by atoms with E-state index in [1.165, 1.54) is 0 Å². The molecule has 0 radical (unpaired) electrons. The zero-order valence-electron chi connectivity index (χ0n) is 16.6. The first kappa shape index (κ1) is 20.5. The first-order chi connectivity index (χ1) is 14.7. The molecule has 3 nitrogen and oxygen atoms in total. The maximum atomic E-state index is 13.5. The Morgan fingerprint density at radius 2 is 1.60 bits per heavy atom. The second-order valence-corrected chi connectivity index (χ2v) is 9.85. The SMILES string of the molecule is Cc1ccc(S(=O)N2C=C(C#N)[C@@H](c3ccccc3)C[C@H]2Sc2ccccc2)cc1. The minimum Gasteiger partial charge on any atom is -0.280 e.